The zero-order valence-electron chi connectivity index (χ0n) is 19.8. The van der Waals surface area contributed by atoms with E-state index in [9.17, 15) is 9.59 Å². The lowest BCUT2D eigenvalue weighted by Crippen LogP contribution is -2.35. The standard InChI is InChI=1S/C24H22N4O4.C2H6/c1-14-15(2-5-19-20(14)13-32-24(19)30)6-7-27-8-9-28-21(11-27)25-22(26-28)16-3-4-18-17(10-16)12-31-23(18)29;1-2/h2-5,10H,6-9,11-13H2,1H3;1-2H3. The van der Waals surface area contributed by atoms with Gasteiger partial charge < -0.3 is 9.47 Å². The van der Waals surface area contributed by atoms with Crippen LogP contribution in [0.5, 0.6) is 0 Å². The monoisotopic (exact) mass is 460 g/mol. The van der Waals surface area contributed by atoms with Gasteiger partial charge in [-0.3, -0.25) is 4.90 Å². The van der Waals surface area contributed by atoms with Crippen LogP contribution < -0.4 is 0 Å². The van der Waals surface area contributed by atoms with Crippen LogP contribution in [0, 0.1) is 6.92 Å². The molecule has 0 bridgehead atoms. The van der Waals surface area contributed by atoms with Gasteiger partial charge >= 0.3 is 11.9 Å². The van der Waals surface area contributed by atoms with Crippen LogP contribution in [0.2, 0.25) is 0 Å². The highest BCUT2D eigenvalue weighted by molar-refractivity contribution is 5.94. The molecule has 0 spiro atoms. The third-order valence-corrected chi connectivity index (χ3v) is 6.66. The normalized spacial score (nSPS) is 16.2. The number of hydrogen-bond donors (Lipinski definition) is 0. The lowest BCUT2D eigenvalue weighted by molar-refractivity contribution is 0.0526. The number of ether oxygens (including phenoxy) is 2. The summed E-state index contributed by atoms with van der Waals surface area (Å²) in [6, 6.07) is 9.57. The number of esters is 2. The van der Waals surface area contributed by atoms with Crippen molar-refractivity contribution in [3.8, 4) is 11.4 Å². The molecule has 0 fully saturated rings. The fourth-order valence-corrected chi connectivity index (χ4v) is 4.72. The van der Waals surface area contributed by atoms with Gasteiger partial charge in [-0.25, -0.2) is 19.3 Å². The molecular formula is C26H28N4O4. The quantitative estimate of drug-likeness (QED) is 0.549. The Morgan fingerprint density at radius 1 is 0.971 bits per heavy atom. The lowest BCUT2D eigenvalue weighted by atomic mass is 9.96. The highest BCUT2D eigenvalue weighted by atomic mass is 16.5. The van der Waals surface area contributed by atoms with Crippen molar-refractivity contribution in [1.82, 2.24) is 19.7 Å². The highest BCUT2D eigenvalue weighted by Crippen LogP contribution is 2.28. The Bertz CT molecular complexity index is 1280. The molecule has 0 saturated heterocycles. The number of benzene rings is 2. The van der Waals surface area contributed by atoms with Gasteiger partial charge in [-0.2, -0.15) is 5.10 Å². The predicted octanol–water partition coefficient (Wildman–Crippen LogP) is 3.68. The second kappa shape index (κ2) is 9.02. The molecule has 0 unspecified atom stereocenters. The SMILES string of the molecule is CC.Cc1c(CCN2CCn3nc(-c4ccc5c(c4)COC5=O)nc3C2)ccc2c1COC2=O. The van der Waals surface area contributed by atoms with Crippen LogP contribution in [-0.2, 0) is 42.2 Å². The summed E-state index contributed by atoms with van der Waals surface area (Å²) < 4.78 is 12.2. The van der Waals surface area contributed by atoms with Crippen LogP contribution >= 0.6 is 0 Å². The van der Waals surface area contributed by atoms with Gasteiger partial charge in [-0.15, -0.1) is 0 Å². The minimum absolute atomic E-state index is 0.219. The van der Waals surface area contributed by atoms with Crippen molar-refractivity contribution >= 4 is 11.9 Å². The van der Waals surface area contributed by atoms with Crippen LogP contribution in [0.1, 0.15) is 62.6 Å². The first-order valence-electron chi connectivity index (χ1n) is 11.8. The Balaban J connectivity index is 0.00000117. The third-order valence-electron chi connectivity index (χ3n) is 6.66. The molecule has 8 heteroatoms. The maximum Gasteiger partial charge on any atom is 0.338 e. The highest BCUT2D eigenvalue weighted by Gasteiger charge is 2.26. The Hall–Kier alpha value is -3.52. The zero-order valence-corrected chi connectivity index (χ0v) is 19.8. The zero-order chi connectivity index (χ0) is 23.8. The number of nitrogens with zero attached hydrogens (tertiary/aromatic N) is 4. The second-order valence-corrected chi connectivity index (χ2v) is 8.50. The fourth-order valence-electron chi connectivity index (χ4n) is 4.72. The van der Waals surface area contributed by atoms with Gasteiger partial charge in [0.15, 0.2) is 5.82 Å². The van der Waals surface area contributed by atoms with Crippen molar-refractivity contribution in [3.63, 3.8) is 0 Å². The largest absolute Gasteiger partial charge is 0.457 e. The van der Waals surface area contributed by atoms with E-state index in [0.717, 1.165) is 60.7 Å². The molecule has 6 rings (SSSR count). The van der Waals surface area contributed by atoms with Crippen molar-refractivity contribution < 1.29 is 19.1 Å². The summed E-state index contributed by atoms with van der Waals surface area (Å²) in [6.07, 6.45) is 0.910. The Kier molecular flexibility index (Phi) is 5.91. The van der Waals surface area contributed by atoms with Crippen LogP contribution in [0.25, 0.3) is 11.4 Å². The summed E-state index contributed by atoms with van der Waals surface area (Å²) in [7, 11) is 0. The first kappa shape index (κ1) is 22.3. The van der Waals surface area contributed by atoms with Gasteiger partial charge in [-0.05, 0) is 42.7 Å². The van der Waals surface area contributed by atoms with Crippen LogP contribution in [0.15, 0.2) is 30.3 Å². The van der Waals surface area contributed by atoms with E-state index in [1.165, 1.54) is 5.56 Å². The van der Waals surface area contributed by atoms with E-state index in [1.54, 1.807) is 6.07 Å². The molecule has 0 N–H and O–H groups in total. The average Bonchev–Trinajstić information content (AvgIpc) is 3.57. The summed E-state index contributed by atoms with van der Waals surface area (Å²) in [5.41, 5.74) is 6.56. The Labute approximate surface area is 198 Å². The maximum absolute atomic E-state index is 11.8. The molecule has 0 radical (unpaired) electrons. The van der Waals surface area contributed by atoms with E-state index >= 15 is 0 Å². The molecule has 3 aliphatic heterocycles. The topological polar surface area (TPSA) is 86.6 Å². The number of carbonyl (C=O) groups excluding carboxylic acids is 2. The molecule has 0 saturated carbocycles. The maximum atomic E-state index is 11.8. The summed E-state index contributed by atoms with van der Waals surface area (Å²) in [5, 5.41) is 4.69. The molecule has 0 atom stereocenters. The van der Waals surface area contributed by atoms with Crippen LogP contribution in [0.3, 0.4) is 0 Å². The molecule has 3 aromatic rings. The van der Waals surface area contributed by atoms with Gasteiger partial charge in [0, 0.05) is 29.8 Å². The van der Waals surface area contributed by atoms with Crippen molar-refractivity contribution in [1.29, 1.82) is 0 Å². The second-order valence-electron chi connectivity index (χ2n) is 8.50. The number of cyclic esters (lactones) is 2. The molecule has 2 aromatic carbocycles. The van der Waals surface area contributed by atoms with Gasteiger partial charge in [0.25, 0.3) is 0 Å². The molecule has 4 heterocycles. The fraction of sp³-hybridized carbons (Fsp3) is 0.385. The van der Waals surface area contributed by atoms with E-state index in [0.29, 0.717) is 30.2 Å². The van der Waals surface area contributed by atoms with E-state index in [-0.39, 0.29) is 11.9 Å². The Morgan fingerprint density at radius 2 is 1.74 bits per heavy atom. The predicted molar refractivity (Wildman–Crippen MR) is 125 cm³/mol. The number of carbonyl (C=O) groups is 2. The summed E-state index contributed by atoms with van der Waals surface area (Å²) >= 11 is 0. The van der Waals surface area contributed by atoms with E-state index < -0.39 is 0 Å². The molecular weight excluding hydrogens is 432 g/mol. The number of fused-ring (bicyclic) bond motifs is 3. The first-order chi connectivity index (χ1) is 16.6. The summed E-state index contributed by atoms with van der Waals surface area (Å²) in [4.78, 5) is 30.6. The molecule has 0 amide bonds. The molecule has 176 valence electrons. The van der Waals surface area contributed by atoms with E-state index in [2.05, 4.69) is 16.9 Å². The minimum atomic E-state index is -0.267. The van der Waals surface area contributed by atoms with Crippen LogP contribution in [-0.4, -0.2) is 44.7 Å². The number of rotatable bonds is 4. The molecule has 34 heavy (non-hydrogen) atoms. The third kappa shape index (κ3) is 3.88. The molecule has 1 aromatic heterocycles. The van der Waals surface area contributed by atoms with E-state index in [1.807, 2.05) is 42.8 Å². The van der Waals surface area contributed by atoms with Crippen molar-refractivity contribution in [2.24, 2.45) is 0 Å². The van der Waals surface area contributed by atoms with Gasteiger partial charge in [0.1, 0.15) is 19.0 Å². The average molecular weight is 461 g/mol. The molecule has 3 aliphatic rings. The van der Waals surface area contributed by atoms with Crippen molar-refractivity contribution in [2.75, 3.05) is 13.1 Å². The molecule has 0 aliphatic carbocycles. The number of hydrogen-bond acceptors (Lipinski definition) is 7. The van der Waals surface area contributed by atoms with Gasteiger partial charge in [0.2, 0.25) is 0 Å². The van der Waals surface area contributed by atoms with Gasteiger partial charge in [0.05, 0.1) is 24.2 Å². The van der Waals surface area contributed by atoms with Crippen molar-refractivity contribution in [3.05, 3.63) is 69.5 Å². The Morgan fingerprint density at radius 3 is 2.59 bits per heavy atom. The number of aromatic nitrogens is 3. The first-order valence-corrected chi connectivity index (χ1v) is 11.8. The van der Waals surface area contributed by atoms with Gasteiger partial charge in [-0.1, -0.05) is 26.0 Å². The lowest BCUT2D eigenvalue weighted by Gasteiger charge is -2.26. The summed E-state index contributed by atoms with van der Waals surface area (Å²) in [6.45, 7) is 10.1. The van der Waals surface area contributed by atoms with Crippen LogP contribution in [0.4, 0.5) is 0 Å². The smallest absolute Gasteiger partial charge is 0.338 e. The molecule has 8 nitrogen and oxygen atoms in total. The van der Waals surface area contributed by atoms with E-state index in [4.69, 9.17) is 14.5 Å². The summed E-state index contributed by atoms with van der Waals surface area (Å²) in [5.74, 6) is 1.15. The van der Waals surface area contributed by atoms with Crippen molar-refractivity contribution in [2.45, 2.75) is 53.5 Å². The minimum Gasteiger partial charge on any atom is -0.457 e.